The molecule has 0 aliphatic carbocycles. The fourth-order valence-corrected chi connectivity index (χ4v) is 3.24. The van der Waals surface area contributed by atoms with Crippen LogP contribution in [0.4, 0.5) is 10.1 Å². The predicted molar refractivity (Wildman–Crippen MR) is 113 cm³/mol. The van der Waals surface area contributed by atoms with E-state index in [1.54, 1.807) is 12.1 Å². The summed E-state index contributed by atoms with van der Waals surface area (Å²) in [6.07, 6.45) is 1.91. The Morgan fingerprint density at radius 3 is 2.69 bits per heavy atom. The van der Waals surface area contributed by atoms with E-state index in [-0.39, 0.29) is 11.2 Å². The molecule has 1 fully saturated rings. The van der Waals surface area contributed by atoms with E-state index < -0.39 is 0 Å². The Balaban J connectivity index is 1.55. The maximum absolute atomic E-state index is 13.5. The highest BCUT2D eigenvalue weighted by Gasteiger charge is 2.22. The Morgan fingerprint density at radius 2 is 2.07 bits per heavy atom. The van der Waals surface area contributed by atoms with Crippen LogP contribution in [0.2, 0.25) is 0 Å². The van der Waals surface area contributed by atoms with E-state index in [0.29, 0.717) is 24.3 Å². The number of piperidine rings is 1. The summed E-state index contributed by atoms with van der Waals surface area (Å²) in [5.74, 6) is 1.75. The lowest BCUT2D eigenvalue weighted by Crippen LogP contribution is -2.48. The standard InChI is InChI=1S/C21H31FN6O/c1-5-23-20(24-14-18-26-19(29-27-18)21(2,3)4)25-16-9-11-28(12-10-16)17-8-6-7-15(22)13-17/h6-8,13,16H,5,9-12,14H2,1-4H3,(H2,23,24,25). The minimum atomic E-state index is -0.194. The molecule has 3 rings (SSSR count). The van der Waals surface area contributed by atoms with E-state index in [2.05, 4.69) is 30.7 Å². The molecule has 2 aromatic rings. The molecule has 0 amide bonds. The van der Waals surface area contributed by atoms with E-state index in [4.69, 9.17) is 4.52 Å². The number of guanidine groups is 1. The summed E-state index contributed by atoms with van der Waals surface area (Å²) < 4.78 is 18.8. The first kappa shape index (κ1) is 21.1. The summed E-state index contributed by atoms with van der Waals surface area (Å²) in [4.78, 5) is 11.3. The monoisotopic (exact) mass is 402 g/mol. The topological polar surface area (TPSA) is 78.6 Å². The van der Waals surface area contributed by atoms with Gasteiger partial charge in [-0.3, -0.25) is 0 Å². The average Bonchev–Trinajstić information content (AvgIpc) is 3.16. The molecule has 0 radical (unpaired) electrons. The van der Waals surface area contributed by atoms with Crippen LogP contribution in [0.25, 0.3) is 0 Å². The number of benzene rings is 1. The van der Waals surface area contributed by atoms with Gasteiger partial charge in [-0.2, -0.15) is 4.98 Å². The van der Waals surface area contributed by atoms with E-state index in [0.717, 1.165) is 44.1 Å². The molecule has 8 heteroatoms. The fourth-order valence-electron chi connectivity index (χ4n) is 3.24. The number of hydrogen-bond donors (Lipinski definition) is 2. The number of rotatable bonds is 5. The van der Waals surface area contributed by atoms with Crippen molar-refractivity contribution >= 4 is 11.6 Å². The first-order chi connectivity index (χ1) is 13.8. The normalized spacial score (nSPS) is 16.2. The van der Waals surface area contributed by atoms with Crippen LogP contribution in [-0.4, -0.2) is 41.8 Å². The molecule has 1 aromatic carbocycles. The van der Waals surface area contributed by atoms with Gasteiger partial charge in [0.25, 0.3) is 0 Å². The molecule has 0 spiro atoms. The Hall–Kier alpha value is -2.64. The lowest BCUT2D eigenvalue weighted by molar-refractivity contribution is 0.318. The largest absolute Gasteiger partial charge is 0.371 e. The van der Waals surface area contributed by atoms with Crippen molar-refractivity contribution < 1.29 is 8.91 Å². The fraction of sp³-hybridized carbons (Fsp3) is 0.571. The number of nitrogens with zero attached hydrogens (tertiary/aromatic N) is 4. The average molecular weight is 403 g/mol. The SMILES string of the molecule is CCNC(=NCc1noc(C(C)(C)C)n1)NC1CCN(c2cccc(F)c2)CC1. The van der Waals surface area contributed by atoms with Gasteiger partial charge in [-0.05, 0) is 38.0 Å². The third-order valence-corrected chi connectivity index (χ3v) is 4.84. The van der Waals surface area contributed by atoms with Crippen LogP contribution in [0.5, 0.6) is 0 Å². The van der Waals surface area contributed by atoms with Crippen molar-refractivity contribution in [2.75, 3.05) is 24.5 Å². The highest BCUT2D eigenvalue weighted by atomic mass is 19.1. The number of hydrogen-bond acceptors (Lipinski definition) is 5. The van der Waals surface area contributed by atoms with Crippen LogP contribution in [0.1, 0.15) is 52.3 Å². The maximum atomic E-state index is 13.5. The summed E-state index contributed by atoms with van der Waals surface area (Å²) in [5, 5.41) is 10.8. The van der Waals surface area contributed by atoms with Crippen molar-refractivity contribution in [3.8, 4) is 0 Å². The molecule has 1 saturated heterocycles. The van der Waals surface area contributed by atoms with E-state index in [9.17, 15) is 4.39 Å². The molecule has 1 aromatic heterocycles. The smallest absolute Gasteiger partial charge is 0.232 e. The van der Waals surface area contributed by atoms with Crippen molar-refractivity contribution in [3.63, 3.8) is 0 Å². The van der Waals surface area contributed by atoms with Gasteiger partial charge < -0.3 is 20.1 Å². The summed E-state index contributed by atoms with van der Waals surface area (Å²) >= 11 is 0. The molecule has 0 bridgehead atoms. The molecule has 2 heterocycles. The lowest BCUT2D eigenvalue weighted by atomic mass is 9.97. The number of nitrogens with one attached hydrogen (secondary N) is 2. The Bertz CT molecular complexity index is 821. The zero-order valence-electron chi connectivity index (χ0n) is 17.7. The highest BCUT2D eigenvalue weighted by Crippen LogP contribution is 2.21. The van der Waals surface area contributed by atoms with Crippen molar-refractivity contribution in [2.24, 2.45) is 4.99 Å². The number of halogens is 1. The summed E-state index contributed by atoms with van der Waals surface area (Å²) in [6.45, 7) is 11.0. The summed E-state index contributed by atoms with van der Waals surface area (Å²) in [6, 6.07) is 7.10. The first-order valence-electron chi connectivity index (χ1n) is 10.2. The van der Waals surface area contributed by atoms with Gasteiger partial charge >= 0.3 is 0 Å². The van der Waals surface area contributed by atoms with E-state index >= 15 is 0 Å². The van der Waals surface area contributed by atoms with Gasteiger partial charge in [-0.15, -0.1) is 0 Å². The van der Waals surface area contributed by atoms with E-state index in [1.165, 1.54) is 6.07 Å². The van der Waals surface area contributed by atoms with Gasteiger partial charge in [0.2, 0.25) is 5.89 Å². The van der Waals surface area contributed by atoms with Gasteiger partial charge in [0.1, 0.15) is 12.4 Å². The summed E-state index contributed by atoms with van der Waals surface area (Å²) in [5.41, 5.74) is 0.767. The molecule has 7 nitrogen and oxygen atoms in total. The molecular formula is C21H31FN6O. The Labute approximate surface area is 171 Å². The second-order valence-electron chi connectivity index (χ2n) is 8.35. The molecule has 29 heavy (non-hydrogen) atoms. The number of aromatic nitrogens is 2. The van der Waals surface area contributed by atoms with Crippen molar-refractivity contribution in [2.45, 2.75) is 58.5 Å². The summed E-state index contributed by atoms with van der Waals surface area (Å²) in [7, 11) is 0. The third kappa shape index (κ3) is 5.92. The lowest BCUT2D eigenvalue weighted by Gasteiger charge is -2.34. The number of aliphatic imine (C=N–C) groups is 1. The van der Waals surface area contributed by atoms with Gasteiger partial charge in [0.05, 0.1) is 0 Å². The van der Waals surface area contributed by atoms with Gasteiger partial charge in [0, 0.05) is 36.8 Å². The van der Waals surface area contributed by atoms with Crippen LogP contribution in [-0.2, 0) is 12.0 Å². The highest BCUT2D eigenvalue weighted by molar-refractivity contribution is 5.80. The molecule has 0 saturated carbocycles. The number of anilines is 1. The first-order valence-corrected chi connectivity index (χ1v) is 10.2. The molecular weight excluding hydrogens is 371 g/mol. The zero-order chi connectivity index (χ0) is 20.9. The maximum Gasteiger partial charge on any atom is 0.232 e. The minimum Gasteiger partial charge on any atom is -0.371 e. The van der Waals surface area contributed by atoms with Gasteiger partial charge in [-0.1, -0.05) is 32.0 Å². The molecule has 0 atom stereocenters. The molecule has 1 aliphatic rings. The molecule has 1 aliphatic heterocycles. The van der Waals surface area contributed by atoms with Crippen LogP contribution in [0, 0.1) is 5.82 Å². The second kappa shape index (κ2) is 9.24. The van der Waals surface area contributed by atoms with Crippen LogP contribution >= 0.6 is 0 Å². The molecule has 2 N–H and O–H groups in total. The van der Waals surface area contributed by atoms with Crippen LogP contribution in [0.3, 0.4) is 0 Å². The van der Waals surface area contributed by atoms with Gasteiger partial charge in [-0.25, -0.2) is 9.38 Å². The van der Waals surface area contributed by atoms with Gasteiger partial charge in [0.15, 0.2) is 11.8 Å². The van der Waals surface area contributed by atoms with Crippen molar-refractivity contribution in [1.82, 2.24) is 20.8 Å². The third-order valence-electron chi connectivity index (χ3n) is 4.84. The van der Waals surface area contributed by atoms with Crippen molar-refractivity contribution in [3.05, 3.63) is 41.8 Å². The second-order valence-corrected chi connectivity index (χ2v) is 8.35. The Morgan fingerprint density at radius 1 is 1.31 bits per heavy atom. The van der Waals surface area contributed by atoms with Crippen molar-refractivity contribution in [1.29, 1.82) is 0 Å². The Kier molecular flexibility index (Phi) is 6.71. The molecule has 0 unspecified atom stereocenters. The van der Waals surface area contributed by atoms with E-state index in [1.807, 2.05) is 33.8 Å². The zero-order valence-corrected chi connectivity index (χ0v) is 17.7. The predicted octanol–water partition coefficient (Wildman–Crippen LogP) is 3.23. The quantitative estimate of drug-likeness (QED) is 0.591. The van der Waals surface area contributed by atoms with Crippen LogP contribution in [0.15, 0.2) is 33.8 Å². The molecule has 158 valence electrons. The van der Waals surface area contributed by atoms with Crippen LogP contribution < -0.4 is 15.5 Å². The minimum absolute atomic E-state index is 0.173.